The van der Waals surface area contributed by atoms with Crippen molar-refractivity contribution in [1.82, 2.24) is 0 Å². The van der Waals surface area contributed by atoms with Crippen LogP contribution in [0, 0.1) is 0 Å². The monoisotopic (exact) mass is 729 g/mol. The van der Waals surface area contributed by atoms with E-state index in [1.165, 1.54) is 31.8 Å². The molecule has 0 spiro atoms. The van der Waals surface area contributed by atoms with E-state index in [4.69, 9.17) is 20.3 Å². The SMILES string of the molecule is CP(c1ccccc1)c1ccccc1.CP(c1ccccc1)c1ccccc1.CP(c1ccccc1)c1ccccc1.[Cl][Co][Cl]. The van der Waals surface area contributed by atoms with Gasteiger partial charge in [0.05, 0.1) is 0 Å². The Balaban J connectivity index is 0.000000176. The van der Waals surface area contributed by atoms with Crippen LogP contribution in [-0.2, 0) is 12.9 Å². The normalized spacial score (nSPS) is 10.2. The maximum absolute atomic E-state index is 4.73. The first-order valence-corrected chi connectivity index (χ1v) is 22.6. The third kappa shape index (κ3) is 13.5. The van der Waals surface area contributed by atoms with Crippen LogP contribution in [0.15, 0.2) is 182 Å². The van der Waals surface area contributed by atoms with Crippen molar-refractivity contribution >= 4 is 75.9 Å². The van der Waals surface area contributed by atoms with Crippen molar-refractivity contribution in [3.63, 3.8) is 0 Å². The van der Waals surface area contributed by atoms with Gasteiger partial charge in [0.1, 0.15) is 0 Å². The molecule has 0 heterocycles. The molecule has 0 aromatic heterocycles. The Kier molecular flexibility index (Phi) is 18.4. The van der Waals surface area contributed by atoms with Crippen LogP contribution in [0.5, 0.6) is 0 Å². The quantitative estimate of drug-likeness (QED) is 0.150. The third-order valence-corrected chi connectivity index (χ3v) is 13.3. The summed E-state index contributed by atoms with van der Waals surface area (Å²) in [6.07, 6.45) is 0. The molecule has 0 aliphatic rings. The van der Waals surface area contributed by atoms with Crippen LogP contribution in [0.25, 0.3) is 0 Å². The van der Waals surface area contributed by atoms with Crippen LogP contribution in [0.1, 0.15) is 0 Å². The second-order valence-corrected chi connectivity index (χ2v) is 17.9. The van der Waals surface area contributed by atoms with E-state index in [9.17, 15) is 0 Å². The summed E-state index contributed by atoms with van der Waals surface area (Å²) in [5.41, 5.74) is 0. The molecule has 0 saturated carbocycles. The number of benzene rings is 6. The summed E-state index contributed by atoms with van der Waals surface area (Å²) < 4.78 is 0. The Morgan fingerprint density at radius 1 is 0.289 bits per heavy atom. The van der Waals surface area contributed by atoms with Crippen molar-refractivity contribution in [1.29, 1.82) is 0 Å². The first kappa shape index (κ1) is 37.2. The zero-order valence-corrected chi connectivity index (χ0v) is 31.0. The van der Waals surface area contributed by atoms with E-state index in [1.54, 1.807) is 0 Å². The molecule has 0 aliphatic carbocycles. The van der Waals surface area contributed by atoms with Gasteiger partial charge in [-0.2, -0.15) is 0 Å². The fourth-order valence-corrected chi connectivity index (χ4v) is 8.97. The summed E-state index contributed by atoms with van der Waals surface area (Å²) in [6.45, 7) is 6.92. The van der Waals surface area contributed by atoms with Crippen LogP contribution >= 0.6 is 44.1 Å². The van der Waals surface area contributed by atoms with Gasteiger partial charge in [-0.15, -0.1) is 0 Å². The zero-order valence-electron chi connectivity index (χ0n) is 25.8. The summed E-state index contributed by atoms with van der Waals surface area (Å²) in [5.74, 6) is 0. The van der Waals surface area contributed by atoms with Crippen molar-refractivity contribution in [3.8, 4) is 0 Å². The Labute approximate surface area is 289 Å². The fourth-order valence-electron chi connectivity index (χ4n) is 4.36. The molecule has 45 heavy (non-hydrogen) atoms. The zero-order chi connectivity index (χ0) is 32.1. The standard InChI is InChI=1S/3C13H13P.2ClH.Co/c3*1-14(12-8-4-2-5-9-12)13-10-6-3-7-11-13;;;/h3*2-11H,1H3;2*1H;/q;;;;;+2/p-2. The Morgan fingerprint density at radius 3 is 0.511 bits per heavy atom. The van der Waals surface area contributed by atoms with Gasteiger partial charge in [0.2, 0.25) is 0 Å². The Morgan fingerprint density at radius 2 is 0.400 bits per heavy atom. The van der Waals surface area contributed by atoms with Crippen molar-refractivity contribution < 1.29 is 12.9 Å². The van der Waals surface area contributed by atoms with Crippen LogP contribution in [0.2, 0.25) is 0 Å². The van der Waals surface area contributed by atoms with Crippen LogP contribution < -0.4 is 31.8 Å². The maximum atomic E-state index is 4.73. The van der Waals surface area contributed by atoms with Gasteiger partial charge >= 0.3 is 33.2 Å². The molecular formula is C39H39Cl2CoP3. The molecule has 0 saturated heterocycles. The molecule has 0 amide bonds. The van der Waals surface area contributed by atoms with E-state index in [-0.39, 0.29) is 23.8 Å². The van der Waals surface area contributed by atoms with Gasteiger partial charge < -0.3 is 0 Å². The molecule has 0 bridgehead atoms. The van der Waals surface area contributed by atoms with Gasteiger partial charge in [-0.3, -0.25) is 0 Å². The van der Waals surface area contributed by atoms with E-state index in [0.29, 0.717) is 12.9 Å². The molecule has 0 nitrogen and oxygen atoms in total. The molecule has 0 atom stereocenters. The summed E-state index contributed by atoms with van der Waals surface area (Å²) in [4.78, 5) is 0. The number of halogens is 2. The minimum atomic E-state index is -0.171. The summed E-state index contributed by atoms with van der Waals surface area (Å²) in [5, 5.41) is 8.63. The molecule has 6 heteroatoms. The molecular weight excluding hydrogens is 691 g/mol. The molecule has 0 fully saturated rings. The van der Waals surface area contributed by atoms with Gasteiger partial charge in [0, 0.05) is 0 Å². The molecule has 0 N–H and O–H groups in total. The fraction of sp³-hybridized carbons (Fsp3) is 0.0769. The number of hydrogen-bond acceptors (Lipinski definition) is 0. The molecule has 0 unspecified atom stereocenters. The molecule has 233 valence electrons. The molecule has 6 aromatic carbocycles. The van der Waals surface area contributed by atoms with Crippen molar-refractivity contribution in [2.75, 3.05) is 20.0 Å². The average molecular weight is 731 g/mol. The summed E-state index contributed by atoms with van der Waals surface area (Å²) >= 11 is 0.382. The predicted molar refractivity (Wildman–Crippen MR) is 207 cm³/mol. The van der Waals surface area contributed by atoms with Gasteiger partial charge in [0.15, 0.2) is 0 Å². The van der Waals surface area contributed by atoms with Crippen LogP contribution in [0.4, 0.5) is 0 Å². The Bertz CT molecular complexity index is 1250. The van der Waals surface area contributed by atoms with E-state index in [1.807, 2.05) is 0 Å². The summed E-state index contributed by atoms with van der Waals surface area (Å²) in [7, 11) is 8.95. The van der Waals surface area contributed by atoms with Crippen LogP contribution in [0.3, 0.4) is 0 Å². The second-order valence-electron chi connectivity index (χ2n) is 9.74. The Hall–Kier alpha value is -2.30. The molecule has 0 radical (unpaired) electrons. The first-order chi connectivity index (χ1) is 22.0. The van der Waals surface area contributed by atoms with Gasteiger partial charge in [-0.25, -0.2) is 0 Å². The second kappa shape index (κ2) is 22.3. The number of rotatable bonds is 6. The van der Waals surface area contributed by atoms with Crippen molar-refractivity contribution in [3.05, 3.63) is 182 Å². The predicted octanol–water partition coefficient (Wildman–Crippen LogP) is 9.62. The van der Waals surface area contributed by atoms with E-state index >= 15 is 0 Å². The van der Waals surface area contributed by atoms with E-state index in [0.717, 1.165) is 0 Å². The average Bonchev–Trinajstić information content (AvgIpc) is 3.14. The van der Waals surface area contributed by atoms with E-state index < -0.39 is 0 Å². The van der Waals surface area contributed by atoms with Gasteiger partial charge in [0.25, 0.3) is 0 Å². The first-order valence-electron chi connectivity index (χ1n) is 14.4. The molecule has 0 aliphatic heterocycles. The topological polar surface area (TPSA) is 0 Å². The van der Waals surface area contributed by atoms with Gasteiger partial charge in [-0.05, 0) is 75.6 Å². The molecule has 6 aromatic rings. The summed E-state index contributed by atoms with van der Waals surface area (Å²) in [6, 6.07) is 64.2. The van der Waals surface area contributed by atoms with Gasteiger partial charge in [-0.1, -0.05) is 182 Å². The van der Waals surface area contributed by atoms with Crippen molar-refractivity contribution in [2.24, 2.45) is 0 Å². The van der Waals surface area contributed by atoms with Crippen LogP contribution in [-0.4, -0.2) is 20.0 Å². The molecule has 6 rings (SSSR count). The number of hydrogen-bond donors (Lipinski definition) is 0. The minimum absolute atomic E-state index is 0.171. The van der Waals surface area contributed by atoms with Crippen molar-refractivity contribution in [2.45, 2.75) is 0 Å². The van der Waals surface area contributed by atoms with E-state index in [2.05, 4.69) is 202 Å². The third-order valence-electron chi connectivity index (χ3n) is 6.86.